The van der Waals surface area contributed by atoms with E-state index in [4.69, 9.17) is 4.74 Å². The third kappa shape index (κ3) is 3.50. The van der Waals surface area contributed by atoms with Crippen LogP contribution in [-0.4, -0.2) is 24.6 Å². The Morgan fingerprint density at radius 1 is 1.13 bits per heavy atom. The average Bonchev–Trinajstić information content (AvgIpc) is 2.75. The second kappa shape index (κ2) is 7.89. The van der Waals surface area contributed by atoms with Crippen LogP contribution >= 0.6 is 0 Å². The summed E-state index contributed by atoms with van der Waals surface area (Å²) in [5, 5.41) is 0. The van der Waals surface area contributed by atoms with Gasteiger partial charge in [0, 0.05) is 11.1 Å². The molecule has 31 heavy (non-hydrogen) atoms. The molecule has 0 bridgehead atoms. The molecule has 4 heteroatoms. The summed E-state index contributed by atoms with van der Waals surface area (Å²) < 4.78 is 5.22. The van der Waals surface area contributed by atoms with Gasteiger partial charge in [-0.3, -0.25) is 14.4 Å². The van der Waals surface area contributed by atoms with Gasteiger partial charge in [0.2, 0.25) is 0 Å². The Morgan fingerprint density at radius 2 is 1.84 bits per heavy atom. The number of benzene rings is 1. The van der Waals surface area contributed by atoms with Crippen molar-refractivity contribution in [3.8, 4) is 0 Å². The maximum Gasteiger partial charge on any atom is 0.311 e. The molecule has 2 fully saturated rings. The number of ketones is 2. The standard InChI is InChI=1S/C27H32O4/c1-17-6-13-24-26(2,14-5-15-27(24,3)25(30)31-4)21(17)10-8-18-7-9-19-20(16-18)23(29)12-11-22(19)28/h7,9,11-12,16,21,24H,1,5-6,8,10,13-15H2,2-4H3/t21-,24?,26+,27-/m0/s1. The van der Waals surface area contributed by atoms with Gasteiger partial charge < -0.3 is 4.74 Å². The van der Waals surface area contributed by atoms with Crippen molar-refractivity contribution in [2.45, 2.75) is 58.8 Å². The molecular formula is C27H32O4. The monoisotopic (exact) mass is 420 g/mol. The molecule has 3 aliphatic rings. The van der Waals surface area contributed by atoms with Crippen LogP contribution < -0.4 is 0 Å². The number of esters is 1. The molecule has 164 valence electrons. The molecule has 1 aromatic rings. The molecule has 0 radical (unpaired) electrons. The highest BCUT2D eigenvalue weighted by molar-refractivity contribution is 6.22. The maximum absolute atomic E-state index is 12.7. The fraction of sp³-hybridized carbons (Fsp3) is 0.519. The molecule has 0 N–H and O–H groups in total. The number of hydrogen-bond donors (Lipinski definition) is 0. The van der Waals surface area contributed by atoms with E-state index in [0.717, 1.165) is 50.5 Å². The lowest BCUT2D eigenvalue weighted by atomic mass is 9.46. The molecule has 1 aromatic carbocycles. The smallest absolute Gasteiger partial charge is 0.311 e. The SMILES string of the molecule is C=C1CCC2[C@](C)(CCC[C@]2(C)C(=O)OC)[C@H]1CCc1ccc2c(c1)C(=O)C=CC2=O. The van der Waals surface area contributed by atoms with E-state index in [2.05, 4.69) is 20.4 Å². The highest BCUT2D eigenvalue weighted by atomic mass is 16.5. The minimum absolute atomic E-state index is 0.0131. The van der Waals surface area contributed by atoms with Gasteiger partial charge >= 0.3 is 5.97 Å². The summed E-state index contributed by atoms with van der Waals surface area (Å²) in [7, 11) is 1.50. The van der Waals surface area contributed by atoms with E-state index in [1.165, 1.54) is 24.8 Å². The van der Waals surface area contributed by atoms with E-state index in [1.54, 1.807) is 6.07 Å². The molecule has 0 heterocycles. The summed E-state index contributed by atoms with van der Waals surface area (Å²) >= 11 is 0. The lowest BCUT2D eigenvalue weighted by molar-refractivity contribution is -0.168. The van der Waals surface area contributed by atoms with Crippen LogP contribution in [-0.2, 0) is 16.0 Å². The molecule has 1 unspecified atom stereocenters. The largest absolute Gasteiger partial charge is 0.469 e. The van der Waals surface area contributed by atoms with E-state index in [9.17, 15) is 14.4 Å². The van der Waals surface area contributed by atoms with E-state index in [-0.39, 0.29) is 28.9 Å². The van der Waals surface area contributed by atoms with Crippen molar-refractivity contribution in [3.63, 3.8) is 0 Å². The predicted molar refractivity (Wildman–Crippen MR) is 120 cm³/mol. The Morgan fingerprint density at radius 3 is 2.55 bits per heavy atom. The van der Waals surface area contributed by atoms with E-state index < -0.39 is 5.41 Å². The van der Waals surface area contributed by atoms with Gasteiger partial charge in [0.25, 0.3) is 0 Å². The van der Waals surface area contributed by atoms with Gasteiger partial charge in [0.05, 0.1) is 12.5 Å². The lowest BCUT2D eigenvalue weighted by Gasteiger charge is -2.57. The summed E-state index contributed by atoms with van der Waals surface area (Å²) in [5.41, 5.74) is 2.92. The summed E-state index contributed by atoms with van der Waals surface area (Å²) in [6, 6.07) is 5.63. The van der Waals surface area contributed by atoms with Gasteiger partial charge in [0.1, 0.15) is 0 Å². The van der Waals surface area contributed by atoms with Crippen molar-refractivity contribution >= 4 is 17.5 Å². The Hall–Kier alpha value is -2.49. The normalized spacial score (nSPS) is 32.4. The molecule has 0 aromatic heterocycles. The Labute approximate surface area is 184 Å². The summed E-state index contributed by atoms with van der Waals surface area (Å²) in [5.74, 6) is 0.308. The zero-order valence-corrected chi connectivity index (χ0v) is 18.8. The van der Waals surface area contributed by atoms with Gasteiger partial charge in [-0.2, -0.15) is 0 Å². The molecule has 4 rings (SSSR count). The zero-order valence-electron chi connectivity index (χ0n) is 18.8. The molecule has 3 aliphatic carbocycles. The second-order valence-corrected chi connectivity index (χ2v) is 10.1. The summed E-state index contributed by atoms with van der Waals surface area (Å²) in [6.07, 6.45) is 9.38. The van der Waals surface area contributed by atoms with Crippen LogP contribution in [0.15, 0.2) is 42.5 Å². The molecule has 0 amide bonds. The van der Waals surface area contributed by atoms with Crippen molar-refractivity contribution in [2.24, 2.45) is 22.7 Å². The lowest BCUT2D eigenvalue weighted by Crippen LogP contribution is -2.53. The van der Waals surface area contributed by atoms with Crippen molar-refractivity contribution in [1.29, 1.82) is 0 Å². The predicted octanol–water partition coefficient (Wildman–Crippen LogP) is 5.51. The highest BCUT2D eigenvalue weighted by Gasteiger charge is 2.57. The molecule has 4 nitrogen and oxygen atoms in total. The minimum Gasteiger partial charge on any atom is -0.469 e. The zero-order chi connectivity index (χ0) is 22.4. The van der Waals surface area contributed by atoms with Crippen LogP contribution in [0.5, 0.6) is 0 Å². The first-order chi connectivity index (χ1) is 14.7. The number of fused-ring (bicyclic) bond motifs is 2. The van der Waals surface area contributed by atoms with Gasteiger partial charge in [-0.1, -0.05) is 37.6 Å². The number of carbonyl (C=O) groups excluding carboxylic acids is 3. The Balaban J connectivity index is 1.58. The number of aryl methyl sites for hydroxylation is 1. The minimum atomic E-state index is -0.439. The van der Waals surface area contributed by atoms with Crippen molar-refractivity contribution in [2.75, 3.05) is 7.11 Å². The average molecular weight is 421 g/mol. The first kappa shape index (κ1) is 21.7. The van der Waals surface area contributed by atoms with E-state index in [1.807, 2.05) is 12.1 Å². The molecule has 0 spiro atoms. The van der Waals surface area contributed by atoms with Gasteiger partial charge in [-0.15, -0.1) is 0 Å². The number of ether oxygens (including phenoxy) is 1. The van der Waals surface area contributed by atoms with Gasteiger partial charge in [-0.25, -0.2) is 0 Å². The first-order valence-electron chi connectivity index (χ1n) is 11.4. The van der Waals surface area contributed by atoms with Crippen molar-refractivity contribution < 1.29 is 19.1 Å². The van der Waals surface area contributed by atoms with Gasteiger partial charge in [-0.05, 0) is 86.5 Å². The molecule has 2 saturated carbocycles. The summed E-state index contributed by atoms with van der Waals surface area (Å²) in [6.45, 7) is 8.85. The second-order valence-electron chi connectivity index (χ2n) is 10.1. The van der Waals surface area contributed by atoms with Crippen molar-refractivity contribution in [1.82, 2.24) is 0 Å². The molecular weight excluding hydrogens is 388 g/mol. The number of carbonyl (C=O) groups is 3. The topological polar surface area (TPSA) is 60.4 Å². The fourth-order valence-corrected chi connectivity index (χ4v) is 6.77. The quantitative estimate of drug-likeness (QED) is 0.476. The van der Waals surface area contributed by atoms with Crippen LogP contribution in [0, 0.1) is 22.7 Å². The number of allylic oxidation sites excluding steroid dienone is 3. The Bertz CT molecular complexity index is 987. The third-order valence-corrected chi connectivity index (χ3v) is 8.39. The Kier molecular flexibility index (Phi) is 5.53. The molecule has 4 atom stereocenters. The molecule has 0 aliphatic heterocycles. The van der Waals surface area contributed by atoms with Crippen LogP contribution in [0.1, 0.15) is 78.7 Å². The van der Waals surface area contributed by atoms with E-state index >= 15 is 0 Å². The summed E-state index contributed by atoms with van der Waals surface area (Å²) in [4.78, 5) is 37.0. The van der Waals surface area contributed by atoms with Crippen LogP contribution in [0.2, 0.25) is 0 Å². The van der Waals surface area contributed by atoms with Crippen LogP contribution in [0.25, 0.3) is 0 Å². The van der Waals surface area contributed by atoms with Crippen molar-refractivity contribution in [3.05, 3.63) is 59.2 Å². The van der Waals surface area contributed by atoms with Crippen LogP contribution in [0.4, 0.5) is 0 Å². The third-order valence-electron chi connectivity index (χ3n) is 8.39. The number of methoxy groups -OCH3 is 1. The van der Waals surface area contributed by atoms with Crippen LogP contribution in [0.3, 0.4) is 0 Å². The number of hydrogen-bond acceptors (Lipinski definition) is 4. The first-order valence-corrected chi connectivity index (χ1v) is 11.4. The highest BCUT2D eigenvalue weighted by Crippen LogP contribution is 2.62. The molecule has 0 saturated heterocycles. The fourth-order valence-electron chi connectivity index (χ4n) is 6.77. The number of rotatable bonds is 4. The maximum atomic E-state index is 12.7. The van der Waals surface area contributed by atoms with E-state index in [0.29, 0.717) is 17.0 Å². The van der Waals surface area contributed by atoms with Gasteiger partial charge in [0.15, 0.2) is 11.6 Å².